The Morgan fingerprint density at radius 3 is 2.42 bits per heavy atom. The van der Waals surface area contributed by atoms with Crippen molar-refractivity contribution < 1.29 is 18.8 Å². The van der Waals surface area contributed by atoms with Gasteiger partial charge in [-0.1, -0.05) is 54.1 Å². The molecule has 0 bridgehead atoms. The predicted octanol–water partition coefficient (Wildman–Crippen LogP) is 4.74. The molecule has 1 aliphatic heterocycles. The summed E-state index contributed by atoms with van der Waals surface area (Å²) in [6, 6.07) is 18.8. The van der Waals surface area contributed by atoms with E-state index in [4.69, 9.17) is 11.6 Å². The Bertz CT molecular complexity index is 1220. The van der Waals surface area contributed by atoms with Crippen LogP contribution in [0.2, 0.25) is 5.02 Å². The second-order valence-electron chi connectivity index (χ2n) is 6.95. The molecule has 1 aliphatic rings. The SMILES string of the molecule is O=C1NC(=O)N(c2ccccc2)C(=O)/C1=C/c1ccc(Cc2cccc(F)c2)c(Cl)c1. The summed E-state index contributed by atoms with van der Waals surface area (Å²) in [6.07, 6.45) is 1.82. The number of barbiturate groups is 1. The van der Waals surface area contributed by atoms with E-state index in [0.717, 1.165) is 16.0 Å². The maximum absolute atomic E-state index is 13.4. The molecule has 0 radical (unpaired) electrons. The molecule has 3 aromatic carbocycles. The zero-order chi connectivity index (χ0) is 22.0. The van der Waals surface area contributed by atoms with Gasteiger partial charge in [-0.05, 0) is 59.5 Å². The summed E-state index contributed by atoms with van der Waals surface area (Å²) in [7, 11) is 0. The van der Waals surface area contributed by atoms with Gasteiger partial charge in [0, 0.05) is 5.02 Å². The number of halogens is 2. The van der Waals surface area contributed by atoms with E-state index in [9.17, 15) is 18.8 Å². The van der Waals surface area contributed by atoms with Crippen molar-refractivity contribution in [2.24, 2.45) is 0 Å². The van der Waals surface area contributed by atoms with Gasteiger partial charge in [0.25, 0.3) is 11.8 Å². The van der Waals surface area contributed by atoms with E-state index < -0.39 is 17.8 Å². The number of hydrogen-bond acceptors (Lipinski definition) is 3. The second-order valence-corrected chi connectivity index (χ2v) is 7.36. The van der Waals surface area contributed by atoms with Gasteiger partial charge in [0.2, 0.25) is 0 Å². The monoisotopic (exact) mass is 434 g/mol. The van der Waals surface area contributed by atoms with Crippen LogP contribution in [0, 0.1) is 5.82 Å². The molecule has 7 heteroatoms. The Labute approximate surface area is 182 Å². The van der Waals surface area contributed by atoms with Gasteiger partial charge in [0.1, 0.15) is 11.4 Å². The molecule has 1 N–H and O–H groups in total. The summed E-state index contributed by atoms with van der Waals surface area (Å²) in [5.41, 5.74) is 2.24. The van der Waals surface area contributed by atoms with Gasteiger partial charge in [-0.15, -0.1) is 0 Å². The molecule has 1 saturated heterocycles. The summed E-state index contributed by atoms with van der Waals surface area (Å²) in [5, 5.41) is 2.60. The number of para-hydroxylation sites is 1. The number of hydrogen-bond donors (Lipinski definition) is 1. The lowest BCUT2D eigenvalue weighted by atomic mass is 10.0. The van der Waals surface area contributed by atoms with Crippen LogP contribution in [0.25, 0.3) is 6.08 Å². The average Bonchev–Trinajstić information content (AvgIpc) is 2.74. The van der Waals surface area contributed by atoms with Crippen LogP contribution in [0.4, 0.5) is 14.9 Å². The van der Waals surface area contributed by atoms with Crippen LogP contribution in [0.15, 0.2) is 78.4 Å². The lowest BCUT2D eigenvalue weighted by molar-refractivity contribution is -0.122. The van der Waals surface area contributed by atoms with E-state index in [2.05, 4.69) is 5.32 Å². The van der Waals surface area contributed by atoms with Crippen LogP contribution >= 0.6 is 11.6 Å². The molecule has 3 aromatic rings. The quantitative estimate of drug-likeness (QED) is 0.476. The summed E-state index contributed by atoms with van der Waals surface area (Å²) >= 11 is 6.38. The Balaban J connectivity index is 1.62. The van der Waals surface area contributed by atoms with Crippen LogP contribution in [0.3, 0.4) is 0 Å². The summed E-state index contributed by atoms with van der Waals surface area (Å²) in [5.74, 6) is -1.82. The fourth-order valence-electron chi connectivity index (χ4n) is 3.30. The third kappa shape index (κ3) is 4.39. The lowest BCUT2D eigenvalue weighted by Crippen LogP contribution is -2.54. The first-order valence-corrected chi connectivity index (χ1v) is 9.79. The van der Waals surface area contributed by atoms with Crippen molar-refractivity contribution in [1.29, 1.82) is 0 Å². The van der Waals surface area contributed by atoms with Crippen LogP contribution in [0.5, 0.6) is 0 Å². The molecule has 0 spiro atoms. The highest BCUT2D eigenvalue weighted by molar-refractivity contribution is 6.39. The first-order chi connectivity index (χ1) is 14.9. The van der Waals surface area contributed by atoms with Gasteiger partial charge in [-0.2, -0.15) is 0 Å². The highest BCUT2D eigenvalue weighted by Crippen LogP contribution is 2.25. The summed E-state index contributed by atoms with van der Waals surface area (Å²) < 4.78 is 13.4. The topological polar surface area (TPSA) is 66.5 Å². The molecule has 4 amide bonds. The third-order valence-electron chi connectivity index (χ3n) is 4.79. The van der Waals surface area contributed by atoms with Crippen molar-refractivity contribution in [3.63, 3.8) is 0 Å². The molecule has 31 heavy (non-hydrogen) atoms. The lowest BCUT2D eigenvalue weighted by Gasteiger charge is -2.26. The van der Waals surface area contributed by atoms with Crippen molar-refractivity contribution in [3.05, 3.63) is 106 Å². The maximum Gasteiger partial charge on any atom is 0.335 e. The molecule has 0 atom stereocenters. The van der Waals surface area contributed by atoms with Crippen LogP contribution in [-0.4, -0.2) is 17.8 Å². The van der Waals surface area contributed by atoms with E-state index >= 15 is 0 Å². The number of amides is 4. The molecule has 154 valence electrons. The molecular formula is C24H16ClFN2O3. The van der Waals surface area contributed by atoms with Gasteiger partial charge in [0.05, 0.1) is 5.69 Å². The van der Waals surface area contributed by atoms with E-state index in [0.29, 0.717) is 22.7 Å². The molecule has 1 heterocycles. The maximum atomic E-state index is 13.4. The van der Waals surface area contributed by atoms with Crippen molar-refractivity contribution in [2.45, 2.75) is 6.42 Å². The van der Waals surface area contributed by atoms with Crippen LogP contribution < -0.4 is 10.2 Å². The fraction of sp³-hybridized carbons (Fsp3) is 0.0417. The molecule has 1 fully saturated rings. The average molecular weight is 435 g/mol. The Kier molecular flexibility index (Phi) is 5.64. The van der Waals surface area contributed by atoms with Crippen molar-refractivity contribution >= 4 is 41.2 Å². The zero-order valence-corrected chi connectivity index (χ0v) is 16.9. The van der Waals surface area contributed by atoms with Gasteiger partial charge >= 0.3 is 6.03 Å². The molecule has 5 nitrogen and oxygen atoms in total. The van der Waals surface area contributed by atoms with Gasteiger partial charge in [-0.25, -0.2) is 14.1 Å². The minimum Gasteiger partial charge on any atom is -0.273 e. The predicted molar refractivity (Wildman–Crippen MR) is 116 cm³/mol. The number of urea groups is 1. The minimum absolute atomic E-state index is 0.183. The van der Waals surface area contributed by atoms with E-state index in [1.165, 1.54) is 18.2 Å². The standard InChI is InChI=1S/C24H16ClFN2O3/c25-21-14-16(9-10-17(21)11-15-5-4-6-18(26)12-15)13-20-22(29)27-24(31)28(23(20)30)19-7-2-1-3-8-19/h1-10,12-14H,11H2,(H,27,29,31)/b20-13+. The summed E-state index contributed by atoms with van der Waals surface area (Å²) in [4.78, 5) is 38.3. The fourth-order valence-corrected chi connectivity index (χ4v) is 3.56. The zero-order valence-electron chi connectivity index (χ0n) is 16.1. The molecule has 4 rings (SSSR count). The van der Waals surface area contributed by atoms with Gasteiger partial charge in [0.15, 0.2) is 0 Å². The van der Waals surface area contributed by atoms with E-state index in [1.807, 2.05) is 0 Å². The Morgan fingerprint density at radius 1 is 0.935 bits per heavy atom. The van der Waals surface area contributed by atoms with Crippen molar-refractivity contribution in [1.82, 2.24) is 5.32 Å². The normalized spacial score (nSPS) is 15.4. The molecule has 0 unspecified atom stereocenters. The third-order valence-corrected chi connectivity index (χ3v) is 5.14. The van der Waals surface area contributed by atoms with Crippen molar-refractivity contribution in [2.75, 3.05) is 4.90 Å². The van der Waals surface area contributed by atoms with Crippen molar-refractivity contribution in [3.8, 4) is 0 Å². The highest BCUT2D eigenvalue weighted by atomic mass is 35.5. The van der Waals surface area contributed by atoms with Gasteiger partial charge in [-0.3, -0.25) is 14.9 Å². The van der Waals surface area contributed by atoms with E-state index in [1.54, 1.807) is 60.7 Å². The number of anilines is 1. The number of nitrogens with zero attached hydrogens (tertiary/aromatic N) is 1. The van der Waals surface area contributed by atoms with Gasteiger partial charge < -0.3 is 0 Å². The number of carbonyl (C=O) groups is 3. The first-order valence-electron chi connectivity index (χ1n) is 9.42. The molecule has 0 saturated carbocycles. The molecular weight excluding hydrogens is 419 g/mol. The largest absolute Gasteiger partial charge is 0.335 e. The number of rotatable bonds is 4. The number of benzene rings is 3. The molecule has 0 aliphatic carbocycles. The Morgan fingerprint density at radius 2 is 1.71 bits per heavy atom. The van der Waals surface area contributed by atoms with E-state index in [-0.39, 0.29) is 11.4 Å². The number of nitrogens with one attached hydrogen (secondary N) is 1. The first kappa shape index (κ1) is 20.5. The summed E-state index contributed by atoms with van der Waals surface area (Å²) in [6.45, 7) is 0. The number of imide groups is 2. The second kappa shape index (κ2) is 8.53. The smallest absolute Gasteiger partial charge is 0.273 e. The number of carbonyl (C=O) groups excluding carboxylic acids is 3. The van der Waals surface area contributed by atoms with Crippen LogP contribution in [0.1, 0.15) is 16.7 Å². The molecule has 0 aromatic heterocycles. The highest BCUT2D eigenvalue weighted by Gasteiger charge is 2.36. The Hall–Kier alpha value is -3.77. The minimum atomic E-state index is -0.804. The van der Waals surface area contributed by atoms with Crippen LogP contribution in [-0.2, 0) is 16.0 Å².